The number of hydrogen-bond acceptors (Lipinski definition) is 6. The van der Waals surface area contributed by atoms with Gasteiger partial charge in [0.25, 0.3) is 7.82 Å². The number of phosphoric acid groups is 1. The summed E-state index contributed by atoms with van der Waals surface area (Å²) in [7, 11) is 1.24. The molecule has 0 rings (SSSR count). The molecule has 418 valence electrons. The van der Waals surface area contributed by atoms with Crippen molar-refractivity contribution in [1.82, 2.24) is 5.32 Å². The second kappa shape index (κ2) is 53.3. The first-order chi connectivity index (χ1) is 34.5. The minimum absolute atomic E-state index is 0.00854. The van der Waals surface area contributed by atoms with Crippen molar-refractivity contribution in [2.24, 2.45) is 0 Å². The summed E-state index contributed by atoms with van der Waals surface area (Å²) in [6.45, 7) is 4.65. The Morgan fingerprint density at radius 2 is 0.789 bits per heavy atom. The number of rotatable bonds is 56. The number of aliphatic hydroxyl groups excluding tert-OH is 1. The van der Waals surface area contributed by atoms with Crippen molar-refractivity contribution < 1.29 is 32.9 Å². The molecule has 0 saturated carbocycles. The van der Waals surface area contributed by atoms with Gasteiger partial charge in [-0.1, -0.05) is 262 Å². The van der Waals surface area contributed by atoms with Gasteiger partial charge in [-0.3, -0.25) is 9.36 Å². The standard InChI is InChI=1S/C62H119N2O6P/c1-6-8-10-12-14-16-18-20-22-24-26-28-29-30-31-32-33-34-35-36-38-40-42-44-46-48-50-52-54-56-62(66)63-60(59-70-71(67,68)69-58-57-64(3,4)5)61(65)55-53-51-49-47-45-43-41-39-37-27-25-23-21-19-17-15-13-11-9-7-2/h24,26,37,39,45,47,53,55,60-61,65H,6-23,25,27-36,38,40-44,46,48-52,54,56-59H2,1-5H3,(H-,63,66,67,68)/b26-24-,39-37+,47-45+,55-53+. The molecule has 0 fully saturated rings. The van der Waals surface area contributed by atoms with Crippen molar-refractivity contribution in [3.63, 3.8) is 0 Å². The monoisotopic (exact) mass is 1020 g/mol. The Labute approximate surface area is 441 Å². The van der Waals surface area contributed by atoms with E-state index in [4.69, 9.17) is 9.05 Å². The van der Waals surface area contributed by atoms with Gasteiger partial charge in [0.15, 0.2) is 0 Å². The molecule has 0 aliphatic carbocycles. The molecule has 8 nitrogen and oxygen atoms in total. The molecule has 2 N–H and O–H groups in total. The summed E-state index contributed by atoms with van der Waals surface area (Å²) < 4.78 is 23.3. The van der Waals surface area contributed by atoms with Gasteiger partial charge in [0.1, 0.15) is 13.2 Å². The molecule has 1 amide bonds. The third kappa shape index (κ3) is 56.0. The van der Waals surface area contributed by atoms with Gasteiger partial charge in [-0.15, -0.1) is 0 Å². The highest BCUT2D eigenvalue weighted by molar-refractivity contribution is 7.45. The molecule has 0 spiro atoms. The third-order valence-electron chi connectivity index (χ3n) is 13.7. The normalized spacial score (nSPS) is 14.2. The van der Waals surface area contributed by atoms with E-state index in [1.165, 1.54) is 225 Å². The molecule has 0 aromatic heterocycles. The second-order valence-corrected chi connectivity index (χ2v) is 23.4. The lowest BCUT2D eigenvalue weighted by Crippen LogP contribution is -2.45. The smallest absolute Gasteiger partial charge is 0.268 e. The van der Waals surface area contributed by atoms with Crippen LogP contribution in [-0.4, -0.2) is 68.5 Å². The van der Waals surface area contributed by atoms with Gasteiger partial charge < -0.3 is 28.8 Å². The highest BCUT2D eigenvalue weighted by atomic mass is 31.2. The van der Waals surface area contributed by atoms with Crippen LogP contribution in [0.1, 0.15) is 290 Å². The molecule has 71 heavy (non-hydrogen) atoms. The summed E-state index contributed by atoms with van der Waals surface area (Å²) in [5, 5.41) is 13.9. The van der Waals surface area contributed by atoms with Crippen LogP contribution in [0.15, 0.2) is 48.6 Å². The van der Waals surface area contributed by atoms with E-state index in [0.717, 1.165) is 44.9 Å². The molecule has 3 atom stereocenters. The summed E-state index contributed by atoms with van der Waals surface area (Å²) in [6.07, 6.45) is 70.6. The van der Waals surface area contributed by atoms with Crippen LogP contribution < -0.4 is 10.2 Å². The number of unbranched alkanes of at least 4 members (excludes halogenated alkanes) is 37. The molecule has 0 aromatic rings. The fourth-order valence-electron chi connectivity index (χ4n) is 8.95. The molecule has 0 aliphatic heterocycles. The first kappa shape index (κ1) is 69.5. The molecular weight excluding hydrogens is 900 g/mol. The number of nitrogens with one attached hydrogen (secondary N) is 1. The number of amides is 1. The molecule has 0 bridgehead atoms. The molecule has 0 aliphatic rings. The van der Waals surface area contributed by atoms with Crippen LogP contribution in [0, 0.1) is 0 Å². The largest absolute Gasteiger partial charge is 0.756 e. The van der Waals surface area contributed by atoms with Gasteiger partial charge in [0, 0.05) is 6.42 Å². The Bertz CT molecular complexity index is 1290. The van der Waals surface area contributed by atoms with Crippen LogP contribution in [0.3, 0.4) is 0 Å². The third-order valence-corrected chi connectivity index (χ3v) is 14.7. The second-order valence-electron chi connectivity index (χ2n) is 22.0. The van der Waals surface area contributed by atoms with Crippen LogP contribution in [-0.2, 0) is 18.4 Å². The maximum atomic E-state index is 13.0. The summed E-state index contributed by atoms with van der Waals surface area (Å²) in [5.41, 5.74) is 0. The molecule has 0 heterocycles. The lowest BCUT2D eigenvalue weighted by molar-refractivity contribution is -0.870. The summed E-state index contributed by atoms with van der Waals surface area (Å²) in [4.78, 5) is 25.5. The van der Waals surface area contributed by atoms with Crippen LogP contribution in [0.5, 0.6) is 0 Å². The Morgan fingerprint density at radius 1 is 0.479 bits per heavy atom. The Kier molecular flexibility index (Phi) is 52.1. The van der Waals surface area contributed by atoms with E-state index >= 15 is 0 Å². The van der Waals surface area contributed by atoms with Gasteiger partial charge in [-0.05, 0) is 70.6 Å². The lowest BCUT2D eigenvalue weighted by atomic mass is 10.0. The predicted octanol–water partition coefficient (Wildman–Crippen LogP) is 18.1. The maximum absolute atomic E-state index is 13.0. The fourth-order valence-corrected chi connectivity index (χ4v) is 9.67. The zero-order valence-corrected chi connectivity index (χ0v) is 48.6. The van der Waals surface area contributed by atoms with Crippen LogP contribution in [0.2, 0.25) is 0 Å². The minimum atomic E-state index is -4.61. The molecule has 0 aromatic carbocycles. The van der Waals surface area contributed by atoms with Crippen molar-refractivity contribution in [2.45, 2.75) is 302 Å². The maximum Gasteiger partial charge on any atom is 0.268 e. The van der Waals surface area contributed by atoms with E-state index in [9.17, 15) is 19.4 Å². The SMILES string of the molecule is CCCCCCCCCC/C=C\CCCCCCCCCCCCCCCCCCCC(=O)NC(COP(=O)([O-])OCC[N+](C)(C)C)C(O)/C=C/CC/C=C/CC/C=C/CCCCCCCCCCCC. The summed E-state index contributed by atoms with van der Waals surface area (Å²) in [5.74, 6) is -0.208. The van der Waals surface area contributed by atoms with Gasteiger partial charge >= 0.3 is 0 Å². The van der Waals surface area contributed by atoms with Crippen LogP contribution in [0.4, 0.5) is 0 Å². The average molecular weight is 1020 g/mol. The zero-order chi connectivity index (χ0) is 52.0. The van der Waals surface area contributed by atoms with Crippen LogP contribution >= 0.6 is 7.82 Å². The predicted molar refractivity (Wildman–Crippen MR) is 307 cm³/mol. The number of carbonyl (C=O) groups is 1. The number of nitrogens with zero attached hydrogens (tertiary/aromatic N) is 1. The molecule has 9 heteroatoms. The van der Waals surface area contributed by atoms with Crippen LogP contribution in [0.25, 0.3) is 0 Å². The summed E-state index contributed by atoms with van der Waals surface area (Å²) in [6, 6.07) is -0.910. The number of quaternary nitrogens is 1. The van der Waals surface area contributed by atoms with E-state index in [2.05, 4.69) is 55.6 Å². The molecule has 0 saturated heterocycles. The average Bonchev–Trinajstić information content (AvgIpc) is 3.33. The van der Waals surface area contributed by atoms with Gasteiger partial charge in [-0.2, -0.15) is 0 Å². The van der Waals surface area contributed by atoms with E-state index in [1.54, 1.807) is 6.08 Å². The molecular formula is C62H119N2O6P. The van der Waals surface area contributed by atoms with Gasteiger partial charge in [0.05, 0.1) is 39.9 Å². The Hall–Kier alpha value is -1.54. The lowest BCUT2D eigenvalue weighted by Gasteiger charge is -2.29. The first-order valence-electron chi connectivity index (χ1n) is 30.5. The quantitative estimate of drug-likeness (QED) is 0.0272. The Morgan fingerprint density at radius 3 is 1.14 bits per heavy atom. The van der Waals surface area contributed by atoms with E-state index in [-0.39, 0.29) is 12.5 Å². The number of phosphoric ester groups is 1. The number of likely N-dealkylation sites (N-methyl/N-ethyl adjacent to an activating group) is 1. The van der Waals surface area contributed by atoms with Crippen molar-refractivity contribution >= 4 is 13.7 Å². The van der Waals surface area contributed by atoms with Gasteiger partial charge in [-0.25, -0.2) is 0 Å². The fraction of sp³-hybridized carbons (Fsp3) is 0.855. The van der Waals surface area contributed by atoms with E-state index in [0.29, 0.717) is 17.4 Å². The number of allylic oxidation sites excluding steroid dienone is 7. The Balaban J connectivity index is 4.17. The summed E-state index contributed by atoms with van der Waals surface area (Å²) >= 11 is 0. The highest BCUT2D eigenvalue weighted by Gasteiger charge is 2.23. The topological polar surface area (TPSA) is 108 Å². The van der Waals surface area contributed by atoms with Gasteiger partial charge in [0.2, 0.25) is 5.91 Å². The molecule has 0 radical (unpaired) electrons. The molecule has 3 unspecified atom stereocenters. The van der Waals surface area contributed by atoms with Crippen molar-refractivity contribution in [1.29, 1.82) is 0 Å². The number of hydrogen-bond donors (Lipinski definition) is 2. The van der Waals surface area contributed by atoms with Crippen molar-refractivity contribution in [2.75, 3.05) is 40.9 Å². The first-order valence-corrected chi connectivity index (χ1v) is 32.0. The van der Waals surface area contributed by atoms with E-state index < -0.39 is 26.6 Å². The zero-order valence-electron chi connectivity index (χ0n) is 47.7. The van der Waals surface area contributed by atoms with Crippen molar-refractivity contribution in [3.8, 4) is 0 Å². The minimum Gasteiger partial charge on any atom is -0.756 e. The van der Waals surface area contributed by atoms with Crippen molar-refractivity contribution in [3.05, 3.63) is 48.6 Å². The number of carbonyl (C=O) groups excluding carboxylic acids is 1. The van der Waals surface area contributed by atoms with E-state index in [1.807, 2.05) is 27.2 Å². The number of aliphatic hydroxyl groups is 1. The highest BCUT2D eigenvalue weighted by Crippen LogP contribution is 2.38.